The maximum absolute atomic E-state index is 5.14. The summed E-state index contributed by atoms with van der Waals surface area (Å²) in [5, 5.41) is 3.69. The Hall–Kier alpha value is -0.900. The fraction of sp³-hybridized carbons (Fsp3) is 0.647. The normalized spacial score (nSPS) is 22.9. The fourth-order valence-electron chi connectivity index (χ4n) is 2.87. The SMILES string of the molecule is COCCCCN1CC(c2ccccc2)NCC1(C)C. The smallest absolute Gasteiger partial charge is 0.0462 e. The van der Waals surface area contributed by atoms with Gasteiger partial charge in [-0.1, -0.05) is 30.3 Å². The highest BCUT2D eigenvalue weighted by atomic mass is 16.5. The number of rotatable bonds is 6. The van der Waals surface area contributed by atoms with E-state index in [9.17, 15) is 0 Å². The predicted octanol–water partition coefficient (Wildman–Crippen LogP) is 2.84. The highest BCUT2D eigenvalue weighted by Gasteiger charge is 2.33. The van der Waals surface area contributed by atoms with Gasteiger partial charge in [0.05, 0.1) is 0 Å². The molecule has 1 heterocycles. The van der Waals surface area contributed by atoms with E-state index in [4.69, 9.17) is 4.74 Å². The minimum absolute atomic E-state index is 0.234. The molecule has 1 aliphatic rings. The molecule has 1 N–H and O–H groups in total. The molecule has 1 fully saturated rings. The van der Waals surface area contributed by atoms with Crippen LogP contribution in [0.5, 0.6) is 0 Å². The van der Waals surface area contributed by atoms with Crippen LogP contribution in [0.25, 0.3) is 0 Å². The summed E-state index contributed by atoms with van der Waals surface area (Å²) in [6, 6.07) is 11.2. The van der Waals surface area contributed by atoms with E-state index >= 15 is 0 Å². The molecule has 0 radical (unpaired) electrons. The molecular weight excluding hydrogens is 248 g/mol. The van der Waals surface area contributed by atoms with Crippen molar-refractivity contribution in [3.63, 3.8) is 0 Å². The molecule has 0 aliphatic carbocycles. The number of piperazine rings is 1. The van der Waals surface area contributed by atoms with E-state index < -0.39 is 0 Å². The molecule has 1 aromatic carbocycles. The van der Waals surface area contributed by atoms with Crippen LogP contribution in [0.15, 0.2) is 30.3 Å². The van der Waals surface area contributed by atoms with E-state index in [1.807, 2.05) is 0 Å². The summed E-state index contributed by atoms with van der Waals surface area (Å²) < 4.78 is 5.14. The monoisotopic (exact) mass is 276 g/mol. The lowest BCUT2D eigenvalue weighted by Gasteiger charge is -2.46. The number of nitrogens with one attached hydrogen (secondary N) is 1. The molecule has 1 aliphatic heterocycles. The summed E-state index contributed by atoms with van der Waals surface area (Å²) in [7, 11) is 1.78. The van der Waals surface area contributed by atoms with Gasteiger partial charge < -0.3 is 10.1 Å². The van der Waals surface area contributed by atoms with Gasteiger partial charge in [0, 0.05) is 38.4 Å². The number of benzene rings is 1. The van der Waals surface area contributed by atoms with Gasteiger partial charge >= 0.3 is 0 Å². The molecule has 2 rings (SSSR count). The molecule has 1 unspecified atom stereocenters. The zero-order chi connectivity index (χ0) is 14.4. The number of methoxy groups -OCH3 is 1. The third kappa shape index (κ3) is 4.05. The van der Waals surface area contributed by atoms with Crippen LogP contribution in [0.2, 0.25) is 0 Å². The summed E-state index contributed by atoms with van der Waals surface area (Å²) in [5.41, 5.74) is 1.63. The highest BCUT2D eigenvalue weighted by molar-refractivity contribution is 5.20. The first kappa shape index (κ1) is 15.5. The van der Waals surface area contributed by atoms with Gasteiger partial charge in [0.1, 0.15) is 0 Å². The van der Waals surface area contributed by atoms with Gasteiger partial charge in [-0.2, -0.15) is 0 Å². The van der Waals surface area contributed by atoms with Crippen molar-refractivity contribution in [1.29, 1.82) is 0 Å². The lowest BCUT2D eigenvalue weighted by molar-refractivity contribution is 0.0617. The number of ether oxygens (including phenoxy) is 1. The van der Waals surface area contributed by atoms with E-state index in [1.54, 1.807) is 7.11 Å². The molecule has 1 atom stereocenters. The first-order valence-electron chi connectivity index (χ1n) is 7.66. The van der Waals surface area contributed by atoms with Crippen LogP contribution in [0.1, 0.15) is 38.3 Å². The maximum Gasteiger partial charge on any atom is 0.0462 e. The van der Waals surface area contributed by atoms with Gasteiger partial charge in [0.25, 0.3) is 0 Å². The van der Waals surface area contributed by atoms with Gasteiger partial charge in [-0.25, -0.2) is 0 Å². The molecule has 0 spiro atoms. The summed E-state index contributed by atoms with van der Waals surface area (Å²) in [6.07, 6.45) is 2.35. The Kier molecular flexibility index (Phi) is 5.58. The van der Waals surface area contributed by atoms with Crippen LogP contribution >= 0.6 is 0 Å². The lowest BCUT2D eigenvalue weighted by atomic mass is 9.94. The largest absolute Gasteiger partial charge is 0.385 e. The number of hydrogen-bond acceptors (Lipinski definition) is 3. The minimum atomic E-state index is 0.234. The summed E-state index contributed by atoms with van der Waals surface area (Å²) in [5.74, 6) is 0. The third-order valence-electron chi connectivity index (χ3n) is 4.27. The van der Waals surface area contributed by atoms with Gasteiger partial charge in [-0.05, 0) is 38.8 Å². The second-order valence-electron chi connectivity index (χ2n) is 6.30. The van der Waals surface area contributed by atoms with Crippen molar-refractivity contribution in [1.82, 2.24) is 10.2 Å². The lowest BCUT2D eigenvalue weighted by Crippen LogP contribution is -2.59. The Balaban J connectivity index is 1.93. The van der Waals surface area contributed by atoms with Crippen LogP contribution in [-0.2, 0) is 4.74 Å². The standard InChI is InChI=1S/C17H28N2O/c1-17(2)14-18-16(15-9-5-4-6-10-15)13-19(17)11-7-8-12-20-3/h4-6,9-10,16,18H,7-8,11-14H2,1-3H3. The van der Waals surface area contributed by atoms with E-state index in [2.05, 4.69) is 54.4 Å². The molecule has 3 nitrogen and oxygen atoms in total. The molecule has 1 saturated heterocycles. The topological polar surface area (TPSA) is 24.5 Å². The van der Waals surface area contributed by atoms with E-state index in [0.717, 1.165) is 32.7 Å². The maximum atomic E-state index is 5.14. The van der Waals surface area contributed by atoms with Crippen molar-refractivity contribution in [2.45, 2.75) is 38.3 Å². The molecule has 0 bridgehead atoms. The predicted molar refractivity (Wildman–Crippen MR) is 83.9 cm³/mol. The zero-order valence-electron chi connectivity index (χ0n) is 13.1. The Labute approximate surface area is 123 Å². The average molecular weight is 276 g/mol. The van der Waals surface area contributed by atoms with Crippen LogP contribution < -0.4 is 5.32 Å². The average Bonchev–Trinajstić information content (AvgIpc) is 2.46. The van der Waals surface area contributed by atoms with Crippen LogP contribution in [0.4, 0.5) is 0 Å². The van der Waals surface area contributed by atoms with Gasteiger partial charge in [0.2, 0.25) is 0 Å². The molecule has 20 heavy (non-hydrogen) atoms. The summed E-state index contributed by atoms with van der Waals surface area (Å²) in [4.78, 5) is 2.62. The number of unbranched alkanes of at least 4 members (excludes halogenated alkanes) is 1. The number of nitrogens with zero attached hydrogens (tertiary/aromatic N) is 1. The Morgan fingerprint density at radius 1 is 1.25 bits per heavy atom. The molecule has 0 amide bonds. The van der Waals surface area contributed by atoms with Gasteiger partial charge in [0.15, 0.2) is 0 Å². The van der Waals surface area contributed by atoms with Crippen molar-refractivity contribution in [2.75, 3.05) is 33.4 Å². The second-order valence-corrected chi connectivity index (χ2v) is 6.30. The first-order chi connectivity index (χ1) is 9.63. The fourth-order valence-corrected chi connectivity index (χ4v) is 2.87. The third-order valence-corrected chi connectivity index (χ3v) is 4.27. The minimum Gasteiger partial charge on any atom is -0.385 e. The molecule has 1 aromatic rings. The van der Waals surface area contributed by atoms with Crippen molar-refractivity contribution in [3.8, 4) is 0 Å². The number of hydrogen-bond donors (Lipinski definition) is 1. The Morgan fingerprint density at radius 3 is 2.70 bits per heavy atom. The van der Waals surface area contributed by atoms with Crippen LogP contribution in [-0.4, -0.2) is 43.8 Å². The molecular formula is C17H28N2O. The first-order valence-corrected chi connectivity index (χ1v) is 7.66. The Bertz CT molecular complexity index is 391. The van der Waals surface area contributed by atoms with E-state index in [-0.39, 0.29) is 5.54 Å². The van der Waals surface area contributed by atoms with Crippen LogP contribution in [0, 0.1) is 0 Å². The van der Waals surface area contributed by atoms with Crippen molar-refractivity contribution >= 4 is 0 Å². The zero-order valence-corrected chi connectivity index (χ0v) is 13.1. The highest BCUT2D eigenvalue weighted by Crippen LogP contribution is 2.26. The van der Waals surface area contributed by atoms with Gasteiger partial charge in [-0.15, -0.1) is 0 Å². The second kappa shape index (κ2) is 7.21. The van der Waals surface area contributed by atoms with Crippen molar-refractivity contribution in [3.05, 3.63) is 35.9 Å². The van der Waals surface area contributed by atoms with E-state index in [1.165, 1.54) is 12.0 Å². The molecule has 0 aromatic heterocycles. The van der Waals surface area contributed by atoms with Crippen LogP contribution in [0.3, 0.4) is 0 Å². The van der Waals surface area contributed by atoms with E-state index in [0.29, 0.717) is 6.04 Å². The molecule has 0 saturated carbocycles. The van der Waals surface area contributed by atoms with Gasteiger partial charge in [-0.3, -0.25) is 4.90 Å². The van der Waals surface area contributed by atoms with Crippen molar-refractivity contribution in [2.24, 2.45) is 0 Å². The van der Waals surface area contributed by atoms with Crippen molar-refractivity contribution < 1.29 is 4.74 Å². The molecule has 3 heteroatoms. The molecule has 112 valence electrons. The summed E-state index contributed by atoms with van der Waals surface area (Å²) >= 11 is 0. The summed E-state index contributed by atoms with van der Waals surface area (Å²) in [6.45, 7) is 8.81. The Morgan fingerprint density at radius 2 is 2.00 bits per heavy atom. The quantitative estimate of drug-likeness (QED) is 0.809.